The highest BCUT2D eigenvalue weighted by Gasteiger charge is 2.08. The minimum Gasteiger partial charge on any atom is -0.463 e. The van der Waals surface area contributed by atoms with Crippen molar-refractivity contribution in [2.75, 3.05) is 0 Å². The van der Waals surface area contributed by atoms with Crippen LogP contribution in [-0.2, 0) is 9.53 Å². The monoisotopic (exact) mass is 228 g/mol. The van der Waals surface area contributed by atoms with Crippen LogP contribution in [0.15, 0.2) is 17.3 Å². The third-order valence-corrected chi connectivity index (χ3v) is 1.96. The number of rotatable bonds is 6. The molecule has 5 heteroatoms. The number of nitrogens with zero attached hydrogens (tertiary/aromatic N) is 1. The number of esters is 1. The Morgan fingerprint density at radius 3 is 2.62 bits per heavy atom. The van der Waals surface area contributed by atoms with Crippen LogP contribution in [0.25, 0.3) is 0 Å². The van der Waals surface area contributed by atoms with E-state index in [1.807, 2.05) is 6.92 Å². The summed E-state index contributed by atoms with van der Waals surface area (Å²) in [5.41, 5.74) is 5.46. The van der Waals surface area contributed by atoms with Crippen molar-refractivity contribution in [2.24, 2.45) is 16.8 Å². The number of carbonyl (C=O) groups is 1. The molecule has 0 aliphatic rings. The maximum absolute atomic E-state index is 11.2. The molecule has 0 aliphatic carbocycles. The average molecular weight is 228 g/mol. The standard InChI is InChI=1S/C11H20N2O3/c1-4-9(11(12)13-15)6-5-7-10(14)16-8(2)3/h5-6,8-9,15H,4,7H2,1-3H3,(H2,12,13)/b6-5-/t9-/m0/s1. The number of hydrogen-bond acceptors (Lipinski definition) is 4. The molecule has 0 aromatic carbocycles. The maximum Gasteiger partial charge on any atom is 0.309 e. The first-order valence-electron chi connectivity index (χ1n) is 5.34. The molecule has 0 saturated heterocycles. The molecular formula is C11H20N2O3. The topological polar surface area (TPSA) is 84.9 Å². The summed E-state index contributed by atoms with van der Waals surface area (Å²) < 4.78 is 4.95. The van der Waals surface area contributed by atoms with E-state index in [1.165, 1.54) is 0 Å². The van der Waals surface area contributed by atoms with Crippen molar-refractivity contribution in [1.29, 1.82) is 0 Å². The van der Waals surface area contributed by atoms with Gasteiger partial charge in [0.1, 0.15) is 5.84 Å². The number of hydrogen-bond donors (Lipinski definition) is 2. The Hall–Kier alpha value is -1.52. The molecular weight excluding hydrogens is 208 g/mol. The molecule has 0 aliphatic heterocycles. The van der Waals surface area contributed by atoms with Gasteiger partial charge in [-0.25, -0.2) is 0 Å². The second-order valence-corrected chi connectivity index (χ2v) is 3.71. The zero-order valence-electron chi connectivity index (χ0n) is 10.0. The van der Waals surface area contributed by atoms with Gasteiger partial charge in [-0.3, -0.25) is 4.79 Å². The van der Waals surface area contributed by atoms with E-state index in [1.54, 1.807) is 26.0 Å². The second-order valence-electron chi connectivity index (χ2n) is 3.71. The van der Waals surface area contributed by atoms with Crippen LogP contribution in [0, 0.1) is 5.92 Å². The Balaban J connectivity index is 4.12. The fraction of sp³-hybridized carbons (Fsp3) is 0.636. The number of nitrogens with two attached hydrogens (primary N) is 1. The molecule has 92 valence electrons. The third kappa shape index (κ3) is 6.06. The molecule has 0 spiro atoms. The number of carbonyl (C=O) groups excluding carboxylic acids is 1. The summed E-state index contributed by atoms with van der Waals surface area (Å²) in [6, 6.07) is 0. The van der Waals surface area contributed by atoms with Gasteiger partial charge in [0.25, 0.3) is 0 Å². The van der Waals surface area contributed by atoms with Crippen LogP contribution >= 0.6 is 0 Å². The zero-order valence-corrected chi connectivity index (χ0v) is 10.0. The fourth-order valence-electron chi connectivity index (χ4n) is 1.16. The van der Waals surface area contributed by atoms with Crippen LogP contribution in [-0.4, -0.2) is 23.1 Å². The van der Waals surface area contributed by atoms with Gasteiger partial charge in [-0.1, -0.05) is 24.2 Å². The number of amidine groups is 1. The summed E-state index contributed by atoms with van der Waals surface area (Å²) in [6.07, 6.45) is 4.24. The lowest BCUT2D eigenvalue weighted by atomic mass is 10.0. The van der Waals surface area contributed by atoms with Crippen LogP contribution in [0.5, 0.6) is 0 Å². The smallest absolute Gasteiger partial charge is 0.309 e. The van der Waals surface area contributed by atoms with Crippen LogP contribution in [0.3, 0.4) is 0 Å². The number of ether oxygens (including phenoxy) is 1. The number of oxime groups is 1. The fourth-order valence-corrected chi connectivity index (χ4v) is 1.16. The Morgan fingerprint density at radius 1 is 1.56 bits per heavy atom. The lowest BCUT2D eigenvalue weighted by molar-refractivity contribution is -0.146. The van der Waals surface area contributed by atoms with E-state index in [0.29, 0.717) is 6.42 Å². The lowest BCUT2D eigenvalue weighted by Gasteiger charge is -2.08. The quantitative estimate of drug-likeness (QED) is 0.181. The van der Waals surface area contributed by atoms with E-state index in [-0.39, 0.29) is 30.2 Å². The summed E-state index contributed by atoms with van der Waals surface area (Å²) in [5, 5.41) is 11.4. The molecule has 0 rings (SSSR count). The van der Waals surface area contributed by atoms with Crippen molar-refractivity contribution in [2.45, 2.75) is 39.7 Å². The van der Waals surface area contributed by atoms with Crippen LogP contribution in [0.2, 0.25) is 0 Å². The van der Waals surface area contributed by atoms with Crippen molar-refractivity contribution in [1.82, 2.24) is 0 Å². The van der Waals surface area contributed by atoms with Crippen molar-refractivity contribution in [3.05, 3.63) is 12.2 Å². The first kappa shape index (κ1) is 14.5. The Bertz CT molecular complexity index is 272. The van der Waals surface area contributed by atoms with Crippen molar-refractivity contribution in [3.63, 3.8) is 0 Å². The van der Waals surface area contributed by atoms with Gasteiger partial charge in [0.15, 0.2) is 0 Å². The highest BCUT2D eigenvalue weighted by atomic mass is 16.5. The van der Waals surface area contributed by atoms with E-state index in [0.717, 1.165) is 0 Å². The van der Waals surface area contributed by atoms with Crippen LogP contribution < -0.4 is 5.73 Å². The van der Waals surface area contributed by atoms with Gasteiger partial charge in [-0.2, -0.15) is 0 Å². The van der Waals surface area contributed by atoms with Crippen molar-refractivity contribution in [3.8, 4) is 0 Å². The predicted octanol–water partition coefficient (Wildman–Crippen LogP) is 1.66. The van der Waals surface area contributed by atoms with E-state index in [4.69, 9.17) is 15.7 Å². The molecule has 0 amide bonds. The molecule has 0 aromatic rings. The largest absolute Gasteiger partial charge is 0.463 e. The summed E-state index contributed by atoms with van der Waals surface area (Å²) in [7, 11) is 0. The molecule has 0 heterocycles. The summed E-state index contributed by atoms with van der Waals surface area (Å²) in [4.78, 5) is 11.2. The third-order valence-electron chi connectivity index (χ3n) is 1.96. The van der Waals surface area contributed by atoms with E-state index in [9.17, 15) is 4.79 Å². The molecule has 0 unspecified atom stereocenters. The van der Waals surface area contributed by atoms with E-state index >= 15 is 0 Å². The minimum absolute atomic E-state index is 0.105. The summed E-state index contributed by atoms with van der Waals surface area (Å²) in [6.45, 7) is 5.51. The molecule has 16 heavy (non-hydrogen) atoms. The van der Waals surface area contributed by atoms with Gasteiger partial charge < -0.3 is 15.7 Å². The van der Waals surface area contributed by atoms with Crippen molar-refractivity contribution >= 4 is 11.8 Å². The highest BCUT2D eigenvalue weighted by Crippen LogP contribution is 2.05. The Kier molecular flexibility index (Phi) is 7.00. The van der Waals surface area contributed by atoms with Crippen molar-refractivity contribution < 1.29 is 14.7 Å². The van der Waals surface area contributed by atoms with E-state index < -0.39 is 0 Å². The minimum atomic E-state index is -0.277. The Morgan fingerprint density at radius 2 is 2.19 bits per heavy atom. The summed E-state index contributed by atoms with van der Waals surface area (Å²) >= 11 is 0. The molecule has 5 nitrogen and oxygen atoms in total. The summed E-state index contributed by atoms with van der Waals surface area (Å²) in [5.74, 6) is -0.270. The molecule has 0 aromatic heterocycles. The normalized spacial score (nSPS) is 14.4. The molecule has 3 N–H and O–H groups in total. The highest BCUT2D eigenvalue weighted by molar-refractivity contribution is 5.83. The first-order chi connectivity index (χ1) is 7.51. The maximum atomic E-state index is 11.2. The lowest BCUT2D eigenvalue weighted by Crippen LogP contribution is -2.21. The van der Waals surface area contributed by atoms with Gasteiger partial charge in [-0.05, 0) is 20.3 Å². The second kappa shape index (κ2) is 7.73. The SMILES string of the molecule is CC[C@@H](/C=C\CC(=O)OC(C)C)/C(N)=N/O. The molecule has 0 bridgehead atoms. The first-order valence-corrected chi connectivity index (χ1v) is 5.34. The van der Waals surface area contributed by atoms with E-state index in [2.05, 4.69) is 5.16 Å². The van der Waals surface area contributed by atoms with Gasteiger partial charge in [0.2, 0.25) is 0 Å². The average Bonchev–Trinajstić information content (AvgIpc) is 2.22. The Labute approximate surface area is 96.0 Å². The van der Waals surface area contributed by atoms with Gasteiger partial charge >= 0.3 is 5.97 Å². The predicted molar refractivity (Wildman–Crippen MR) is 62.2 cm³/mol. The zero-order chi connectivity index (χ0) is 12.6. The van der Waals surface area contributed by atoms with Gasteiger partial charge in [-0.15, -0.1) is 0 Å². The molecule has 0 saturated carbocycles. The van der Waals surface area contributed by atoms with Crippen LogP contribution in [0.4, 0.5) is 0 Å². The van der Waals surface area contributed by atoms with Crippen LogP contribution in [0.1, 0.15) is 33.6 Å². The molecule has 0 radical (unpaired) electrons. The van der Waals surface area contributed by atoms with Gasteiger partial charge in [0.05, 0.1) is 12.5 Å². The molecule has 0 fully saturated rings. The molecule has 1 atom stereocenters. The van der Waals surface area contributed by atoms with Gasteiger partial charge in [0, 0.05) is 5.92 Å².